The molecule has 0 bridgehead atoms. The maximum absolute atomic E-state index is 5.91. The van der Waals surface area contributed by atoms with Crippen LogP contribution in [0.5, 0.6) is 0 Å². The predicted molar refractivity (Wildman–Crippen MR) is 65.3 cm³/mol. The Morgan fingerprint density at radius 1 is 1.21 bits per heavy atom. The van der Waals surface area contributed by atoms with E-state index in [4.69, 9.17) is 5.73 Å². The molecule has 0 rings (SSSR count). The Hall–Kier alpha value is -0.0400. The molecule has 0 saturated carbocycles. The van der Waals surface area contributed by atoms with E-state index in [0.29, 0.717) is 11.3 Å². The van der Waals surface area contributed by atoms with Crippen molar-refractivity contribution in [1.29, 1.82) is 0 Å². The molecule has 0 aromatic carbocycles. The zero-order chi connectivity index (χ0) is 11.2. The lowest BCUT2D eigenvalue weighted by Gasteiger charge is -2.37. The molecule has 86 valence electrons. The van der Waals surface area contributed by atoms with Gasteiger partial charge >= 0.3 is 0 Å². The van der Waals surface area contributed by atoms with Gasteiger partial charge in [0.2, 0.25) is 0 Å². The SMILES string of the molecule is CCCC(C)(CC)C(CN)CC(C)C. The Morgan fingerprint density at radius 2 is 1.79 bits per heavy atom. The van der Waals surface area contributed by atoms with E-state index in [1.165, 1.54) is 25.7 Å². The van der Waals surface area contributed by atoms with Crippen LogP contribution in [-0.2, 0) is 0 Å². The number of rotatable bonds is 7. The Balaban J connectivity index is 4.41. The van der Waals surface area contributed by atoms with Gasteiger partial charge in [0.25, 0.3) is 0 Å². The van der Waals surface area contributed by atoms with Crippen LogP contribution >= 0.6 is 0 Å². The molecular weight excluding hydrogens is 170 g/mol. The molecule has 0 radical (unpaired) electrons. The summed E-state index contributed by atoms with van der Waals surface area (Å²) in [6.45, 7) is 12.4. The summed E-state index contributed by atoms with van der Waals surface area (Å²) in [5.41, 5.74) is 6.38. The molecule has 1 nitrogen and oxygen atoms in total. The van der Waals surface area contributed by atoms with E-state index in [0.717, 1.165) is 12.5 Å². The molecule has 0 aliphatic rings. The van der Waals surface area contributed by atoms with E-state index in [1.54, 1.807) is 0 Å². The molecule has 14 heavy (non-hydrogen) atoms. The van der Waals surface area contributed by atoms with Crippen LogP contribution in [0.4, 0.5) is 0 Å². The smallest absolute Gasteiger partial charge is 0.00436 e. The predicted octanol–water partition coefficient (Wildman–Crippen LogP) is 3.82. The minimum atomic E-state index is 0.466. The summed E-state index contributed by atoms with van der Waals surface area (Å²) < 4.78 is 0. The molecular formula is C13H29N. The van der Waals surface area contributed by atoms with E-state index in [-0.39, 0.29) is 0 Å². The van der Waals surface area contributed by atoms with E-state index >= 15 is 0 Å². The van der Waals surface area contributed by atoms with Gasteiger partial charge in [-0.1, -0.05) is 47.5 Å². The van der Waals surface area contributed by atoms with Crippen molar-refractivity contribution >= 4 is 0 Å². The fraction of sp³-hybridized carbons (Fsp3) is 1.00. The highest BCUT2D eigenvalue weighted by atomic mass is 14.6. The molecule has 0 saturated heterocycles. The summed E-state index contributed by atoms with van der Waals surface area (Å²) in [6, 6.07) is 0. The normalized spacial score (nSPS) is 18.2. The molecule has 2 atom stereocenters. The molecule has 0 heterocycles. The van der Waals surface area contributed by atoms with Gasteiger partial charge in [-0.05, 0) is 36.6 Å². The molecule has 2 unspecified atom stereocenters. The fourth-order valence-electron chi connectivity index (χ4n) is 2.47. The van der Waals surface area contributed by atoms with Gasteiger partial charge in [0.15, 0.2) is 0 Å². The monoisotopic (exact) mass is 199 g/mol. The Morgan fingerprint density at radius 3 is 2.07 bits per heavy atom. The van der Waals surface area contributed by atoms with Gasteiger partial charge in [-0.15, -0.1) is 0 Å². The van der Waals surface area contributed by atoms with Gasteiger partial charge in [-0.3, -0.25) is 0 Å². The van der Waals surface area contributed by atoms with Crippen molar-refractivity contribution in [1.82, 2.24) is 0 Å². The lowest BCUT2D eigenvalue weighted by molar-refractivity contribution is 0.141. The van der Waals surface area contributed by atoms with Gasteiger partial charge in [-0.2, -0.15) is 0 Å². The number of nitrogens with two attached hydrogens (primary N) is 1. The van der Waals surface area contributed by atoms with E-state index in [2.05, 4.69) is 34.6 Å². The first-order valence-electron chi connectivity index (χ1n) is 6.20. The van der Waals surface area contributed by atoms with Crippen LogP contribution in [0, 0.1) is 17.3 Å². The third kappa shape index (κ3) is 4.00. The maximum Gasteiger partial charge on any atom is -0.00436 e. The second-order valence-electron chi connectivity index (χ2n) is 5.32. The van der Waals surface area contributed by atoms with Crippen LogP contribution in [0.1, 0.15) is 60.3 Å². The van der Waals surface area contributed by atoms with Crippen molar-refractivity contribution in [3.63, 3.8) is 0 Å². The van der Waals surface area contributed by atoms with Gasteiger partial charge < -0.3 is 5.73 Å². The first kappa shape index (κ1) is 14.0. The summed E-state index contributed by atoms with van der Waals surface area (Å²) in [6.07, 6.45) is 5.13. The van der Waals surface area contributed by atoms with Gasteiger partial charge in [0.1, 0.15) is 0 Å². The minimum Gasteiger partial charge on any atom is -0.330 e. The second kappa shape index (κ2) is 6.44. The van der Waals surface area contributed by atoms with Gasteiger partial charge in [0.05, 0.1) is 0 Å². The van der Waals surface area contributed by atoms with Gasteiger partial charge in [-0.25, -0.2) is 0 Å². The zero-order valence-corrected chi connectivity index (χ0v) is 10.8. The maximum atomic E-state index is 5.91. The lowest BCUT2D eigenvalue weighted by atomic mass is 9.69. The molecule has 2 N–H and O–H groups in total. The topological polar surface area (TPSA) is 26.0 Å². The van der Waals surface area contributed by atoms with Crippen molar-refractivity contribution in [2.45, 2.75) is 60.3 Å². The van der Waals surface area contributed by atoms with Crippen LogP contribution in [0.15, 0.2) is 0 Å². The summed E-state index contributed by atoms with van der Waals surface area (Å²) >= 11 is 0. The van der Waals surface area contributed by atoms with Crippen LogP contribution in [0.3, 0.4) is 0 Å². The molecule has 1 heteroatoms. The Kier molecular flexibility index (Phi) is 6.43. The van der Waals surface area contributed by atoms with Crippen molar-refractivity contribution in [3.8, 4) is 0 Å². The molecule has 0 aromatic rings. The van der Waals surface area contributed by atoms with Crippen molar-refractivity contribution in [2.75, 3.05) is 6.54 Å². The number of hydrogen-bond acceptors (Lipinski definition) is 1. The molecule has 0 aromatic heterocycles. The highest BCUT2D eigenvalue weighted by molar-refractivity contribution is 4.82. The second-order valence-corrected chi connectivity index (χ2v) is 5.32. The van der Waals surface area contributed by atoms with Crippen LogP contribution in [0.25, 0.3) is 0 Å². The molecule has 0 aliphatic heterocycles. The van der Waals surface area contributed by atoms with Crippen molar-refractivity contribution in [3.05, 3.63) is 0 Å². The van der Waals surface area contributed by atoms with E-state index in [9.17, 15) is 0 Å². The summed E-state index contributed by atoms with van der Waals surface area (Å²) in [4.78, 5) is 0. The zero-order valence-electron chi connectivity index (χ0n) is 10.8. The Bertz CT molecular complexity index is 142. The first-order valence-corrected chi connectivity index (χ1v) is 6.20. The van der Waals surface area contributed by atoms with Crippen molar-refractivity contribution in [2.24, 2.45) is 23.0 Å². The van der Waals surface area contributed by atoms with E-state index in [1.807, 2.05) is 0 Å². The Labute approximate surface area is 90.5 Å². The molecule has 0 fully saturated rings. The molecule has 0 spiro atoms. The molecule has 0 aliphatic carbocycles. The number of hydrogen-bond donors (Lipinski definition) is 1. The quantitative estimate of drug-likeness (QED) is 0.662. The first-order chi connectivity index (χ1) is 6.50. The highest BCUT2D eigenvalue weighted by Crippen LogP contribution is 2.38. The largest absolute Gasteiger partial charge is 0.330 e. The summed E-state index contributed by atoms with van der Waals surface area (Å²) in [5.74, 6) is 1.47. The minimum absolute atomic E-state index is 0.466. The highest BCUT2D eigenvalue weighted by Gasteiger charge is 2.30. The molecule has 0 amide bonds. The third-order valence-electron chi connectivity index (χ3n) is 3.65. The standard InChI is InChI=1S/C13H29N/c1-6-8-13(5,7-2)12(10-14)9-11(3)4/h11-12H,6-10,14H2,1-5H3. The van der Waals surface area contributed by atoms with Crippen LogP contribution in [-0.4, -0.2) is 6.54 Å². The van der Waals surface area contributed by atoms with Gasteiger partial charge in [0, 0.05) is 0 Å². The van der Waals surface area contributed by atoms with E-state index < -0.39 is 0 Å². The van der Waals surface area contributed by atoms with Crippen molar-refractivity contribution < 1.29 is 0 Å². The fourth-order valence-corrected chi connectivity index (χ4v) is 2.47. The van der Waals surface area contributed by atoms with Crippen LogP contribution < -0.4 is 5.73 Å². The van der Waals surface area contributed by atoms with Crippen LogP contribution in [0.2, 0.25) is 0 Å². The summed E-state index contributed by atoms with van der Waals surface area (Å²) in [5, 5.41) is 0. The lowest BCUT2D eigenvalue weighted by Crippen LogP contribution is -2.33. The average Bonchev–Trinajstić information content (AvgIpc) is 2.14. The average molecular weight is 199 g/mol. The summed E-state index contributed by atoms with van der Waals surface area (Å²) in [7, 11) is 0. The third-order valence-corrected chi connectivity index (χ3v) is 3.65.